The lowest BCUT2D eigenvalue weighted by Crippen LogP contribution is -2.10. The van der Waals surface area contributed by atoms with E-state index in [0.29, 0.717) is 5.56 Å². The van der Waals surface area contributed by atoms with Gasteiger partial charge in [0.2, 0.25) is 5.82 Å². The largest absolute Gasteiger partial charge is 0.487 e. The van der Waals surface area contributed by atoms with Gasteiger partial charge < -0.3 is 9.84 Å². The van der Waals surface area contributed by atoms with E-state index in [1.807, 2.05) is 19.1 Å². The molecule has 0 saturated heterocycles. The van der Waals surface area contributed by atoms with Crippen LogP contribution in [0.3, 0.4) is 0 Å². The molecule has 0 saturated carbocycles. The van der Waals surface area contributed by atoms with Crippen LogP contribution in [0, 0.1) is 18.6 Å². The molecule has 0 amide bonds. The van der Waals surface area contributed by atoms with Crippen LogP contribution in [0.25, 0.3) is 0 Å². The van der Waals surface area contributed by atoms with Gasteiger partial charge in [-0.1, -0.05) is 35.9 Å². The Labute approximate surface area is 110 Å². The van der Waals surface area contributed by atoms with E-state index < -0.39 is 17.7 Å². The van der Waals surface area contributed by atoms with E-state index in [-0.39, 0.29) is 12.4 Å². The Morgan fingerprint density at radius 3 is 2.47 bits per heavy atom. The second-order valence-corrected chi connectivity index (χ2v) is 4.29. The van der Waals surface area contributed by atoms with Crippen molar-refractivity contribution in [2.24, 2.45) is 0 Å². The van der Waals surface area contributed by atoms with Gasteiger partial charge in [0.15, 0.2) is 11.6 Å². The summed E-state index contributed by atoms with van der Waals surface area (Å²) in [6.45, 7) is 1.80. The summed E-state index contributed by atoms with van der Waals surface area (Å²) in [5.74, 6) is -2.22. The minimum absolute atomic E-state index is 0.135. The quantitative estimate of drug-likeness (QED) is 0.917. The average molecular weight is 264 g/mol. The number of rotatable bonds is 4. The van der Waals surface area contributed by atoms with Crippen molar-refractivity contribution >= 4 is 0 Å². The van der Waals surface area contributed by atoms with Gasteiger partial charge in [-0.05, 0) is 24.6 Å². The highest BCUT2D eigenvalue weighted by Gasteiger charge is 2.12. The van der Waals surface area contributed by atoms with E-state index in [0.717, 1.165) is 11.6 Å². The number of ether oxygens (including phenoxy) is 1. The molecule has 0 aliphatic rings. The van der Waals surface area contributed by atoms with E-state index in [1.165, 1.54) is 12.1 Å². The molecule has 4 heteroatoms. The van der Waals surface area contributed by atoms with Crippen LogP contribution in [0.4, 0.5) is 8.78 Å². The van der Waals surface area contributed by atoms with Gasteiger partial charge in [-0.25, -0.2) is 4.39 Å². The number of aryl methyl sites for hydroxylation is 1. The molecule has 2 aromatic carbocycles. The molecule has 0 aromatic heterocycles. The number of hydrogen-bond donors (Lipinski definition) is 1. The van der Waals surface area contributed by atoms with Crippen molar-refractivity contribution in [2.75, 3.05) is 6.61 Å². The molecule has 1 N–H and O–H groups in total. The molecule has 0 heterocycles. The first-order chi connectivity index (χ1) is 9.08. The lowest BCUT2D eigenvalue weighted by molar-refractivity contribution is 0.105. The molecule has 0 radical (unpaired) electrons. The molecule has 0 aliphatic carbocycles. The molecule has 0 aliphatic heterocycles. The fraction of sp³-hybridized carbons (Fsp3) is 0.200. The van der Waals surface area contributed by atoms with Crippen molar-refractivity contribution in [3.63, 3.8) is 0 Å². The summed E-state index contributed by atoms with van der Waals surface area (Å²) in [6, 6.07) is 10.9. The first kappa shape index (κ1) is 13.5. The maximum absolute atomic E-state index is 13.3. The second-order valence-electron chi connectivity index (χ2n) is 4.29. The fourth-order valence-electron chi connectivity index (χ4n) is 1.65. The molecule has 2 aromatic rings. The third kappa shape index (κ3) is 3.29. The van der Waals surface area contributed by atoms with Crippen LogP contribution in [0.1, 0.15) is 17.2 Å². The van der Waals surface area contributed by atoms with Crippen molar-refractivity contribution in [3.05, 3.63) is 65.2 Å². The van der Waals surface area contributed by atoms with Crippen LogP contribution in [0.5, 0.6) is 5.75 Å². The van der Waals surface area contributed by atoms with Crippen LogP contribution in [-0.2, 0) is 0 Å². The molecular weight excluding hydrogens is 250 g/mol. The summed E-state index contributed by atoms with van der Waals surface area (Å²) >= 11 is 0. The van der Waals surface area contributed by atoms with Crippen molar-refractivity contribution in [1.82, 2.24) is 0 Å². The van der Waals surface area contributed by atoms with Gasteiger partial charge in [0, 0.05) is 0 Å². The number of hydrogen-bond acceptors (Lipinski definition) is 2. The Kier molecular flexibility index (Phi) is 4.12. The molecular formula is C15H14F2O2. The van der Waals surface area contributed by atoms with Crippen LogP contribution < -0.4 is 4.74 Å². The fourth-order valence-corrected chi connectivity index (χ4v) is 1.65. The summed E-state index contributed by atoms with van der Waals surface area (Å²) in [5, 5.41) is 9.89. The van der Waals surface area contributed by atoms with Crippen LogP contribution in [-0.4, -0.2) is 11.7 Å². The third-order valence-corrected chi connectivity index (χ3v) is 2.77. The third-order valence-electron chi connectivity index (χ3n) is 2.77. The smallest absolute Gasteiger partial charge is 0.200 e. The summed E-state index contributed by atoms with van der Waals surface area (Å²) in [7, 11) is 0. The van der Waals surface area contributed by atoms with Crippen molar-refractivity contribution in [3.8, 4) is 5.75 Å². The van der Waals surface area contributed by atoms with Crippen LogP contribution in [0.15, 0.2) is 42.5 Å². The lowest BCUT2D eigenvalue weighted by Gasteiger charge is -2.13. The molecule has 2 rings (SSSR count). The zero-order valence-corrected chi connectivity index (χ0v) is 10.4. The highest BCUT2D eigenvalue weighted by Crippen LogP contribution is 2.21. The Hall–Kier alpha value is -1.94. The highest BCUT2D eigenvalue weighted by atomic mass is 19.2. The van der Waals surface area contributed by atoms with Gasteiger partial charge in [-0.2, -0.15) is 4.39 Å². The summed E-state index contributed by atoms with van der Waals surface area (Å²) < 4.78 is 31.4. The average Bonchev–Trinajstić information content (AvgIpc) is 2.41. The van der Waals surface area contributed by atoms with Gasteiger partial charge in [0.25, 0.3) is 0 Å². The minimum Gasteiger partial charge on any atom is -0.487 e. The number of benzene rings is 2. The SMILES string of the molecule is Cc1ccc(C(O)COc2cccc(F)c2F)cc1. The van der Waals surface area contributed by atoms with Crippen molar-refractivity contribution in [2.45, 2.75) is 13.0 Å². The zero-order chi connectivity index (χ0) is 13.8. The van der Waals surface area contributed by atoms with Gasteiger partial charge >= 0.3 is 0 Å². The van der Waals surface area contributed by atoms with Crippen molar-refractivity contribution < 1.29 is 18.6 Å². The Balaban J connectivity index is 2.02. The van der Waals surface area contributed by atoms with E-state index in [9.17, 15) is 13.9 Å². The lowest BCUT2D eigenvalue weighted by atomic mass is 10.1. The highest BCUT2D eigenvalue weighted by molar-refractivity contribution is 5.26. The Bertz CT molecular complexity index is 553. The molecule has 100 valence electrons. The van der Waals surface area contributed by atoms with Gasteiger partial charge in [0.1, 0.15) is 12.7 Å². The molecule has 0 spiro atoms. The van der Waals surface area contributed by atoms with E-state index >= 15 is 0 Å². The van der Waals surface area contributed by atoms with E-state index in [4.69, 9.17) is 4.74 Å². The maximum atomic E-state index is 13.3. The molecule has 19 heavy (non-hydrogen) atoms. The summed E-state index contributed by atoms with van der Waals surface area (Å²) in [4.78, 5) is 0. The van der Waals surface area contributed by atoms with Crippen LogP contribution in [0.2, 0.25) is 0 Å². The van der Waals surface area contributed by atoms with Crippen molar-refractivity contribution in [1.29, 1.82) is 0 Å². The second kappa shape index (κ2) is 5.80. The van der Waals surface area contributed by atoms with Crippen LogP contribution >= 0.6 is 0 Å². The predicted molar refractivity (Wildman–Crippen MR) is 68.0 cm³/mol. The van der Waals surface area contributed by atoms with E-state index in [1.54, 1.807) is 12.1 Å². The topological polar surface area (TPSA) is 29.5 Å². The zero-order valence-electron chi connectivity index (χ0n) is 10.4. The first-order valence-electron chi connectivity index (χ1n) is 5.89. The van der Waals surface area contributed by atoms with Gasteiger partial charge in [-0.3, -0.25) is 0 Å². The number of aliphatic hydroxyl groups excluding tert-OH is 1. The van der Waals surface area contributed by atoms with Gasteiger partial charge in [0.05, 0.1) is 0 Å². The molecule has 1 unspecified atom stereocenters. The normalized spacial score (nSPS) is 12.2. The first-order valence-corrected chi connectivity index (χ1v) is 5.89. The minimum atomic E-state index is -1.04. The van der Waals surface area contributed by atoms with E-state index in [2.05, 4.69) is 0 Å². The Morgan fingerprint density at radius 1 is 1.11 bits per heavy atom. The van der Waals surface area contributed by atoms with Gasteiger partial charge in [-0.15, -0.1) is 0 Å². The Morgan fingerprint density at radius 2 is 1.79 bits per heavy atom. The number of halogens is 2. The maximum Gasteiger partial charge on any atom is 0.200 e. The predicted octanol–water partition coefficient (Wildman–Crippen LogP) is 3.39. The molecule has 0 fully saturated rings. The molecule has 1 atom stereocenters. The standard InChI is InChI=1S/C15H14F2O2/c1-10-5-7-11(8-6-10)13(18)9-19-14-4-2-3-12(16)15(14)17/h2-8,13,18H,9H2,1H3. The molecule has 0 bridgehead atoms. The summed E-state index contributed by atoms with van der Waals surface area (Å²) in [5.41, 5.74) is 1.75. The molecule has 2 nitrogen and oxygen atoms in total. The summed E-state index contributed by atoms with van der Waals surface area (Å²) in [6.07, 6.45) is -0.886. The monoisotopic (exact) mass is 264 g/mol. The number of aliphatic hydroxyl groups is 1.